The topological polar surface area (TPSA) is 94.6 Å². The molecule has 108 valence electrons. The van der Waals surface area contributed by atoms with Crippen molar-refractivity contribution in [3.63, 3.8) is 0 Å². The van der Waals surface area contributed by atoms with Crippen LogP contribution in [0.25, 0.3) is 0 Å². The summed E-state index contributed by atoms with van der Waals surface area (Å²) in [6.07, 6.45) is 0. The van der Waals surface area contributed by atoms with E-state index in [4.69, 9.17) is 25.9 Å². The molecule has 0 aliphatic rings. The van der Waals surface area contributed by atoms with Gasteiger partial charge in [0.1, 0.15) is 11.5 Å². The summed E-state index contributed by atoms with van der Waals surface area (Å²) in [5, 5.41) is 8.29. The summed E-state index contributed by atoms with van der Waals surface area (Å²) in [7, 11) is -2.28. The van der Waals surface area contributed by atoms with Crippen LogP contribution in [0.5, 0.6) is 5.75 Å². The third kappa shape index (κ3) is 3.44. The van der Waals surface area contributed by atoms with Crippen LogP contribution < -0.4 is 15.2 Å². The second-order valence-corrected chi connectivity index (χ2v) is 5.89. The molecule has 0 aliphatic carbocycles. The first kappa shape index (κ1) is 14.7. The lowest BCUT2D eigenvalue weighted by Gasteiger charge is -2.10. The summed E-state index contributed by atoms with van der Waals surface area (Å²) in [6, 6.07) is 7.97. The first-order valence-corrected chi connectivity index (χ1v) is 7.51. The van der Waals surface area contributed by atoms with Gasteiger partial charge in [-0.05, 0) is 30.3 Å². The summed E-state index contributed by atoms with van der Waals surface area (Å²) in [5.41, 5.74) is 0.675. The van der Waals surface area contributed by atoms with Gasteiger partial charge in [-0.3, -0.25) is 0 Å². The normalized spacial score (nSPS) is 11.3. The fourth-order valence-corrected chi connectivity index (χ4v) is 2.26. The summed E-state index contributed by atoms with van der Waals surface area (Å²) in [5.74, 6) is 1.05. The predicted molar refractivity (Wildman–Crippen MR) is 75.4 cm³/mol. The molecule has 8 heteroatoms. The van der Waals surface area contributed by atoms with Crippen molar-refractivity contribution in [1.82, 2.24) is 0 Å². The number of methoxy groups -OCH3 is 1. The van der Waals surface area contributed by atoms with Crippen molar-refractivity contribution in [2.75, 3.05) is 12.4 Å². The van der Waals surface area contributed by atoms with Gasteiger partial charge in [-0.15, -0.1) is 0 Å². The molecule has 20 heavy (non-hydrogen) atoms. The third-order valence-corrected chi connectivity index (χ3v) is 3.55. The molecule has 1 aromatic carbocycles. The molecule has 0 aliphatic heterocycles. The quantitative estimate of drug-likeness (QED) is 0.881. The smallest absolute Gasteiger partial charge is 0.271 e. The second kappa shape index (κ2) is 5.74. The molecule has 0 radical (unpaired) electrons. The van der Waals surface area contributed by atoms with E-state index in [9.17, 15) is 8.42 Å². The Kier molecular flexibility index (Phi) is 4.22. The van der Waals surface area contributed by atoms with Crippen LogP contribution in [0.1, 0.15) is 5.76 Å². The molecule has 0 saturated heterocycles. The molecule has 0 atom stereocenters. The molecule has 3 N–H and O–H groups in total. The van der Waals surface area contributed by atoms with Crippen LogP contribution in [-0.4, -0.2) is 15.5 Å². The van der Waals surface area contributed by atoms with Crippen molar-refractivity contribution >= 4 is 27.3 Å². The van der Waals surface area contributed by atoms with Gasteiger partial charge in [0.15, 0.2) is 0 Å². The standard InChI is InChI=1S/C12H13ClN2O4S/c1-18-11-4-2-8(13)6-10(11)15-7-9-3-5-12(19-9)20(14,16)17/h2-6,15H,7H2,1H3,(H2,14,16,17). The van der Waals surface area contributed by atoms with Crippen LogP contribution in [0.4, 0.5) is 5.69 Å². The Morgan fingerprint density at radius 1 is 1.35 bits per heavy atom. The fraction of sp³-hybridized carbons (Fsp3) is 0.167. The number of sulfonamides is 1. The van der Waals surface area contributed by atoms with Gasteiger partial charge < -0.3 is 14.5 Å². The van der Waals surface area contributed by atoms with Gasteiger partial charge in [0.05, 0.1) is 19.3 Å². The van der Waals surface area contributed by atoms with Gasteiger partial charge in [-0.2, -0.15) is 0 Å². The van der Waals surface area contributed by atoms with Crippen molar-refractivity contribution < 1.29 is 17.6 Å². The number of ether oxygens (including phenoxy) is 1. The number of primary sulfonamides is 1. The molecule has 6 nitrogen and oxygen atoms in total. The largest absolute Gasteiger partial charge is 0.495 e. The van der Waals surface area contributed by atoms with E-state index in [1.165, 1.54) is 12.1 Å². The zero-order chi connectivity index (χ0) is 14.8. The minimum absolute atomic E-state index is 0.270. The molecule has 0 saturated carbocycles. The van der Waals surface area contributed by atoms with Crippen LogP contribution in [-0.2, 0) is 16.6 Å². The fourth-order valence-electron chi connectivity index (χ4n) is 1.61. The van der Waals surface area contributed by atoms with Gasteiger partial charge in [0, 0.05) is 5.02 Å². The molecular weight excluding hydrogens is 304 g/mol. The molecule has 2 aromatic rings. The van der Waals surface area contributed by atoms with Gasteiger partial charge in [0.2, 0.25) is 5.09 Å². The van der Waals surface area contributed by atoms with Crippen LogP contribution in [0.15, 0.2) is 39.8 Å². The average Bonchev–Trinajstić information content (AvgIpc) is 2.85. The summed E-state index contributed by atoms with van der Waals surface area (Å²) in [4.78, 5) is 0. The lowest BCUT2D eigenvalue weighted by atomic mass is 10.3. The van der Waals surface area contributed by atoms with E-state index in [-0.39, 0.29) is 11.6 Å². The number of furan rings is 1. The van der Waals surface area contributed by atoms with Gasteiger partial charge in [0.25, 0.3) is 10.0 Å². The number of benzene rings is 1. The monoisotopic (exact) mass is 316 g/mol. The summed E-state index contributed by atoms with van der Waals surface area (Å²) >= 11 is 5.90. The SMILES string of the molecule is COc1ccc(Cl)cc1NCc1ccc(S(N)(=O)=O)o1. The molecular formula is C12H13ClN2O4S. The molecule has 0 fully saturated rings. The Bertz CT molecular complexity index is 712. The molecule has 0 amide bonds. The third-order valence-electron chi connectivity index (χ3n) is 2.53. The molecule has 0 bridgehead atoms. The maximum absolute atomic E-state index is 11.1. The number of nitrogens with one attached hydrogen (secondary N) is 1. The summed E-state index contributed by atoms with van der Waals surface area (Å²) < 4.78 is 32.5. The molecule has 0 unspecified atom stereocenters. The second-order valence-electron chi connectivity index (χ2n) is 3.96. The minimum Gasteiger partial charge on any atom is -0.495 e. The van der Waals surface area contributed by atoms with Crippen molar-refractivity contribution in [3.05, 3.63) is 41.1 Å². The Morgan fingerprint density at radius 2 is 2.10 bits per heavy atom. The number of anilines is 1. The Morgan fingerprint density at radius 3 is 2.70 bits per heavy atom. The van der Waals surface area contributed by atoms with Crippen molar-refractivity contribution in [2.24, 2.45) is 5.14 Å². The van der Waals surface area contributed by atoms with Crippen LogP contribution in [0, 0.1) is 0 Å². The highest BCUT2D eigenvalue weighted by molar-refractivity contribution is 7.89. The highest BCUT2D eigenvalue weighted by atomic mass is 35.5. The van der Waals surface area contributed by atoms with E-state index in [1.54, 1.807) is 25.3 Å². The van der Waals surface area contributed by atoms with Crippen LogP contribution >= 0.6 is 11.6 Å². The number of hydrogen-bond donors (Lipinski definition) is 2. The predicted octanol–water partition coefficient (Wildman–Crippen LogP) is 2.20. The number of halogens is 1. The Labute approximate surface area is 121 Å². The van der Waals surface area contributed by atoms with Crippen molar-refractivity contribution in [1.29, 1.82) is 0 Å². The van der Waals surface area contributed by atoms with Gasteiger partial charge in [-0.25, -0.2) is 13.6 Å². The van der Waals surface area contributed by atoms with Crippen molar-refractivity contribution in [2.45, 2.75) is 11.6 Å². The van der Waals surface area contributed by atoms with E-state index in [1.807, 2.05) is 0 Å². The van der Waals surface area contributed by atoms with E-state index in [0.29, 0.717) is 22.2 Å². The highest BCUT2D eigenvalue weighted by Crippen LogP contribution is 2.28. The van der Waals surface area contributed by atoms with Gasteiger partial charge >= 0.3 is 0 Å². The van der Waals surface area contributed by atoms with E-state index < -0.39 is 10.0 Å². The average molecular weight is 317 g/mol. The number of rotatable bonds is 5. The minimum atomic E-state index is -3.82. The van der Waals surface area contributed by atoms with Crippen LogP contribution in [0.2, 0.25) is 5.02 Å². The molecule has 1 aromatic heterocycles. The first-order valence-electron chi connectivity index (χ1n) is 5.59. The highest BCUT2D eigenvalue weighted by Gasteiger charge is 2.13. The summed E-state index contributed by atoms with van der Waals surface area (Å²) in [6.45, 7) is 0.270. The van der Waals surface area contributed by atoms with E-state index >= 15 is 0 Å². The van der Waals surface area contributed by atoms with E-state index in [0.717, 1.165) is 0 Å². The Balaban J connectivity index is 2.13. The maximum Gasteiger partial charge on any atom is 0.271 e. The Hall–Kier alpha value is -1.70. The van der Waals surface area contributed by atoms with Gasteiger partial charge in [-0.1, -0.05) is 11.6 Å². The number of nitrogens with two attached hydrogens (primary N) is 1. The molecule has 2 rings (SSSR count). The lowest BCUT2D eigenvalue weighted by molar-refractivity contribution is 0.412. The maximum atomic E-state index is 11.1. The van der Waals surface area contributed by atoms with E-state index in [2.05, 4.69) is 5.32 Å². The lowest BCUT2D eigenvalue weighted by Crippen LogP contribution is -2.10. The van der Waals surface area contributed by atoms with Crippen LogP contribution in [0.3, 0.4) is 0 Å². The zero-order valence-corrected chi connectivity index (χ0v) is 12.2. The first-order chi connectivity index (χ1) is 9.40. The number of hydrogen-bond acceptors (Lipinski definition) is 5. The molecule has 1 heterocycles. The van der Waals surface area contributed by atoms with Crippen molar-refractivity contribution in [3.8, 4) is 5.75 Å². The molecule has 0 spiro atoms. The zero-order valence-electron chi connectivity index (χ0n) is 10.6.